The Morgan fingerprint density at radius 1 is 1.05 bits per heavy atom. The number of nitrogens with zero attached hydrogens (tertiary/aromatic N) is 1. The summed E-state index contributed by atoms with van der Waals surface area (Å²) in [6, 6.07) is 13.3. The van der Waals surface area contributed by atoms with Gasteiger partial charge < -0.3 is 10.6 Å². The molecule has 6 nitrogen and oxygen atoms in total. The topological polar surface area (TPSA) is 84.3 Å². The van der Waals surface area contributed by atoms with Gasteiger partial charge in [-0.3, -0.25) is 14.9 Å². The third-order valence-electron chi connectivity index (χ3n) is 3.16. The number of carbonyl (C=O) groups is 1. The number of hydrogen-bond donors (Lipinski definition) is 2. The number of nitro groups is 1. The highest BCUT2D eigenvalue weighted by Gasteiger charge is 2.24. The van der Waals surface area contributed by atoms with Crippen LogP contribution >= 0.6 is 0 Å². The molecule has 1 aliphatic heterocycles. The predicted molar refractivity (Wildman–Crippen MR) is 73.4 cm³/mol. The summed E-state index contributed by atoms with van der Waals surface area (Å²) in [7, 11) is 0. The molecule has 0 fully saturated rings. The van der Waals surface area contributed by atoms with Gasteiger partial charge in [0.2, 0.25) is 0 Å². The zero-order valence-corrected chi connectivity index (χ0v) is 10.4. The Labute approximate surface area is 114 Å². The number of carbonyl (C=O) groups excluding carboxylic acids is 1. The van der Waals surface area contributed by atoms with E-state index in [4.69, 9.17) is 0 Å². The average Bonchev–Trinajstić information content (AvgIpc) is 2.47. The molecule has 2 N–H and O–H groups in total. The average molecular weight is 269 g/mol. The maximum atomic E-state index is 12.0. The van der Waals surface area contributed by atoms with Gasteiger partial charge in [-0.2, -0.15) is 0 Å². The van der Waals surface area contributed by atoms with Crippen molar-refractivity contribution in [3.05, 3.63) is 69.8 Å². The van der Waals surface area contributed by atoms with Crippen LogP contribution in [0.2, 0.25) is 0 Å². The smallest absolute Gasteiger partial charge is 0.269 e. The molecule has 0 bridgehead atoms. The van der Waals surface area contributed by atoms with E-state index in [0.717, 1.165) is 0 Å². The Morgan fingerprint density at radius 3 is 2.65 bits per heavy atom. The van der Waals surface area contributed by atoms with Crippen LogP contribution in [0.15, 0.2) is 48.5 Å². The van der Waals surface area contributed by atoms with Crippen molar-refractivity contribution in [2.24, 2.45) is 0 Å². The molecule has 1 heterocycles. The molecule has 2 aromatic rings. The van der Waals surface area contributed by atoms with Gasteiger partial charge in [0.25, 0.3) is 11.6 Å². The molecule has 2 aromatic carbocycles. The third-order valence-corrected chi connectivity index (χ3v) is 3.16. The van der Waals surface area contributed by atoms with Crippen LogP contribution in [-0.4, -0.2) is 10.8 Å². The van der Waals surface area contributed by atoms with Crippen LogP contribution in [0.25, 0.3) is 0 Å². The second kappa shape index (κ2) is 4.65. The minimum atomic E-state index is -0.475. The summed E-state index contributed by atoms with van der Waals surface area (Å²) >= 11 is 0. The van der Waals surface area contributed by atoms with E-state index < -0.39 is 11.1 Å². The van der Waals surface area contributed by atoms with Crippen LogP contribution in [0.4, 0.5) is 11.4 Å². The van der Waals surface area contributed by atoms with Gasteiger partial charge in [-0.1, -0.05) is 24.3 Å². The van der Waals surface area contributed by atoms with E-state index in [2.05, 4.69) is 10.6 Å². The molecule has 6 heteroatoms. The van der Waals surface area contributed by atoms with E-state index in [9.17, 15) is 14.9 Å². The molecule has 1 atom stereocenters. The van der Waals surface area contributed by atoms with Gasteiger partial charge in [0.1, 0.15) is 6.17 Å². The van der Waals surface area contributed by atoms with E-state index in [1.54, 1.807) is 30.3 Å². The fourth-order valence-corrected chi connectivity index (χ4v) is 2.19. The Bertz CT molecular complexity index is 700. The van der Waals surface area contributed by atoms with Crippen LogP contribution in [0.5, 0.6) is 0 Å². The van der Waals surface area contributed by atoms with Crippen molar-refractivity contribution in [2.45, 2.75) is 6.17 Å². The van der Waals surface area contributed by atoms with Crippen molar-refractivity contribution in [1.82, 2.24) is 5.32 Å². The first-order chi connectivity index (χ1) is 9.65. The summed E-state index contributed by atoms with van der Waals surface area (Å²) in [4.78, 5) is 22.3. The Balaban J connectivity index is 1.95. The zero-order valence-electron chi connectivity index (χ0n) is 10.4. The maximum Gasteiger partial charge on any atom is 0.269 e. The second-order valence-corrected chi connectivity index (χ2v) is 4.45. The first-order valence-electron chi connectivity index (χ1n) is 6.06. The van der Waals surface area contributed by atoms with Crippen molar-refractivity contribution in [3.63, 3.8) is 0 Å². The number of fused-ring (bicyclic) bond motifs is 1. The Hall–Kier alpha value is -2.89. The molecular formula is C14H11N3O3. The first kappa shape index (κ1) is 12.2. The number of nitro benzene ring substituents is 1. The number of nitrogens with one attached hydrogen (secondary N) is 2. The van der Waals surface area contributed by atoms with Crippen LogP contribution in [0.1, 0.15) is 22.1 Å². The van der Waals surface area contributed by atoms with Gasteiger partial charge in [0, 0.05) is 23.4 Å². The first-order valence-corrected chi connectivity index (χ1v) is 6.06. The van der Waals surface area contributed by atoms with Gasteiger partial charge in [0.05, 0.1) is 10.5 Å². The molecule has 0 saturated heterocycles. The van der Waals surface area contributed by atoms with Crippen molar-refractivity contribution in [3.8, 4) is 0 Å². The lowest BCUT2D eigenvalue weighted by Crippen LogP contribution is -2.38. The zero-order chi connectivity index (χ0) is 14.1. The predicted octanol–water partition coefficient (Wildman–Crippen LogP) is 2.45. The van der Waals surface area contributed by atoms with E-state index in [-0.39, 0.29) is 11.6 Å². The monoisotopic (exact) mass is 269 g/mol. The number of para-hydroxylation sites is 1. The molecular weight excluding hydrogens is 258 g/mol. The second-order valence-electron chi connectivity index (χ2n) is 4.45. The van der Waals surface area contributed by atoms with Crippen LogP contribution < -0.4 is 10.6 Å². The van der Waals surface area contributed by atoms with Crippen molar-refractivity contribution >= 4 is 17.3 Å². The SMILES string of the molecule is O=C1NC(c2cccc([N+](=O)[O-])c2)Nc2ccccc21. The van der Waals surface area contributed by atoms with E-state index >= 15 is 0 Å². The largest absolute Gasteiger partial charge is 0.361 e. The highest BCUT2D eigenvalue weighted by Crippen LogP contribution is 2.27. The molecule has 0 aliphatic carbocycles. The number of anilines is 1. The minimum absolute atomic E-state index is 0.00240. The fraction of sp³-hybridized carbons (Fsp3) is 0.0714. The lowest BCUT2D eigenvalue weighted by atomic mass is 10.1. The normalized spacial score (nSPS) is 16.8. The minimum Gasteiger partial charge on any atom is -0.361 e. The highest BCUT2D eigenvalue weighted by atomic mass is 16.6. The number of non-ortho nitro benzene ring substituents is 1. The lowest BCUT2D eigenvalue weighted by Gasteiger charge is -2.27. The van der Waals surface area contributed by atoms with E-state index in [0.29, 0.717) is 16.8 Å². The third kappa shape index (κ3) is 2.07. The lowest BCUT2D eigenvalue weighted by molar-refractivity contribution is -0.384. The molecule has 0 aromatic heterocycles. The van der Waals surface area contributed by atoms with Crippen molar-refractivity contribution < 1.29 is 9.72 Å². The van der Waals surface area contributed by atoms with E-state index in [1.807, 2.05) is 6.07 Å². The molecule has 3 rings (SSSR count). The molecule has 1 unspecified atom stereocenters. The molecule has 0 spiro atoms. The van der Waals surface area contributed by atoms with Crippen molar-refractivity contribution in [2.75, 3.05) is 5.32 Å². The van der Waals surface area contributed by atoms with Crippen LogP contribution in [0, 0.1) is 10.1 Å². The van der Waals surface area contributed by atoms with Gasteiger partial charge in [-0.05, 0) is 12.1 Å². The molecule has 1 amide bonds. The Kier molecular flexibility index (Phi) is 2.83. The molecule has 0 saturated carbocycles. The summed E-state index contributed by atoms with van der Waals surface area (Å²) < 4.78 is 0. The van der Waals surface area contributed by atoms with Gasteiger partial charge in [0.15, 0.2) is 0 Å². The van der Waals surface area contributed by atoms with E-state index in [1.165, 1.54) is 12.1 Å². The summed E-state index contributed by atoms with van der Waals surface area (Å²) in [5, 5.41) is 16.7. The number of rotatable bonds is 2. The van der Waals surface area contributed by atoms with Crippen molar-refractivity contribution in [1.29, 1.82) is 0 Å². The number of hydrogen-bond acceptors (Lipinski definition) is 4. The summed E-state index contributed by atoms with van der Waals surface area (Å²) in [6.07, 6.45) is -0.475. The highest BCUT2D eigenvalue weighted by molar-refractivity contribution is 6.01. The summed E-state index contributed by atoms with van der Waals surface area (Å²) in [5.74, 6) is -0.198. The molecule has 20 heavy (non-hydrogen) atoms. The Morgan fingerprint density at radius 2 is 1.85 bits per heavy atom. The maximum absolute atomic E-state index is 12.0. The van der Waals surface area contributed by atoms with Gasteiger partial charge in [-0.25, -0.2) is 0 Å². The summed E-state index contributed by atoms with van der Waals surface area (Å²) in [6.45, 7) is 0. The van der Waals surface area contributed by atoms with Gasteiger partial charge >= 0.3 is 0 Å². The number of benzene rings is 2. The molecule has 0 radical (unpaired) electrons. The quantitative estimate of drug-likeness (QED) is 0.647. The molecule has 1 aliphatic rings. The van der Waals surface area contributed by atoms with Gasteiger partial charge in [-0.15, -0.1) is 0 Å². The fourth-order valence-electron chi connectivity index (χ4n) is 2.19. The standard InChI is InChI=1S/C14H11N3O3/c18-14-11-6-1-2-7-12(11)15-13(16-14)9-4-3-5-10(8-9)17(19)20/h1-8,13,15H,(H,16,18). The number of amides is 1. The van der Waals surface area contributed by atoms with Crippen LogP contribution in [-0.2, 0) is 0 Å². The van der Waals surface area contributed by atoms with Crippen LogP contribution in [0.3, 0.4) is 0 Å². The molecule has 100 valence electrons. The summed E-state index contributed by atoms with van der Waals surface area (Å²) in [5.41, 5.74) is 1.92.